The van der Waals surface area contributed by atoms with E-state index >= 15 is 0 Å². The van der Waals surface area contributed by atoms with Gasteiger partial charge in [-0.2, -0.15) is 0 Å². The molecule has 0 aliphatic carbocycles. The average Bonchev–Trinajstić information content (AvgIpc) is 3.96. The molecule has 12 aromatic rings. The van der Waals surface area contributed by atoms with E-state index in [0.29, 0.717) is 17.1 Å². The topological polar surface area (TPSA) is 60.7 Å². The molecule has 0 aliphatic rings. The van der Waals surface area contributed by atoms with Crippen molar-refractivity contribution in [2.45, 2.75) is 0 Å². The Morgan fingerprint density at radius 2 is 1.00 bits per heavy atom. The zero-order valence-electron chi connectivity index (χ0n) is 31.6. The summed E-state index contributed by atoms with van der Waals surface area (Å²) in [6, 6.07) is 65.9. The van der Waals surface area contributed by atoms with Crippen molar-refractivity contribution in [2.75, 3.05) is 0 Å². The lowest BCUT2D eigenvalue weighted by Gasteiger charge is -2.16. The van der Waals surface area contributed by atoms with Crippen molar-refractivity contribution in [2.24, 2.45) is 0 Å². The van der Waals surface area contributed by atoms with Crippen LogP contribution in [0.2, 0.25) is 0 Å². The van der Waals surface area contributed by atoms with Gasteiger partial charge in [0.2, 0.25) is 0 Å². The van der Waals surface area contributed by atoms with Crippen molar-refractivity contribution in [3.63, 3.8) is 0 Å². The van der Waals surface area contributed by atoms with Gasteiger partial charge in [-0.25, -0.2) is 0 Å². The predicted octanol–water partition coefficient (Wildman–Crippen LogP) is 15.1. The van der Waals surface area contributed by atoms with Gasteiger partial charge >= 0.3 is 0 Å². The standard InChI is InChI=1S/C54H33NO4/c56-49-25-9-4-16-39(49)34-29-35(40-20-12-21-43-44-27-28-51-52(54(44)59-53(40)43)45-19-5-10-26-50(45)58-51)32-37(31-34)57-36-14-11-13-33(30-36)38-15-1-6-22-46(38)55-47-23-7-2-17-41(47)42-18-3-8-24-48(42)55/h1-32,56H. The highest BCUT2D eigenvalue weighted by Gasteiger charge is 2.20. The third-order valence-corrected chi connectivity index (χ3v) is 11.5. The van der Waals surface area contributed by atoms with E-state index in [4.69, 9.17) is 13.6 Å². The second kappa shape index (κ2) is 13.0. The van der Waals surface area contributed by atoms with E-state index in [1.165, 1.54) is 10.8 Å². The van der Waals surface area contributed by atoms with Gasteiger partial charge in [-0.15, -0.1) is 0 Å². The second-order valence-electron chi connectivity index (χ2n) is 15.0. The molecule has 0 amide bonds. The van der Waals surface area contributed by atoms with Crippen LogP contribution in [0.4, 0.5) is 0 Å². The summed E-state index contributed by atoms with van der Waals surface area (Å²) in [5.41, 5.74) is 12.0. The van der Waals surface area contributed by atoms with Crippen molar-refractivity contribution in [3.8, 4) is 56.3 Å². The first-order chi connectivity index (χ1) is 29.2. The molecule has 0 saturated carbocycles. The van der Waals surface area contributed by atoms with Gasteiger partial charge in [-0.3, -0.25) is 0 Å². The molecule has 0 fully saturated rings. The van der Waals surface area contributed by atoms with E-state index in [1.54, 1.807) is 6.07 Å². The Bertz CT molecular complexity index is 3570. The van der Waals surface area contributed by atoms with Crippen LogP contribution in [-0.4, -0.2) is 9.67 Å². The highest BCUT2D eigenvalue weighted by Crippen LogP contribution is 2.44. The number of hydrogen-bond acceptors (Lipinski definition) is 4. The molecule has 1 N–H and O–H groups in total. The van der Waals surface area contributed by atoms with Gasteiger partial charge in [-0.05, 0) is 89.5 Å². The number of phenolic OH excluding ortho intramolecular Hbond substituents is 1. The summed E-state index contributed by atoms with van der Waals surface area (Å²) in [5.74, 6) is 1.51. The summed E-state index contributed by atoms with van der Waals surface area (Å²) in [6.07, 6.45) is 0. The number of aromatic hydroxyl groups is 1. The Kier molecular flexibility index (Phi) is 7.31. The molecule has 3 heterocycles. The van der Waals surface area contributed by atoms with Crippen molar-refractivity contribution >= 4 is 65.7 Å². The van der Waals surface area contributed by atoms with E-state index in [1.807, 2.05) is 66.7 Å². The van der Waals surface area contributed by atoms with Crippen molar-refractivity contribution in [1.29, 1.82) is 0 Å². The molecule has 3 aromatic heterocycles. The van der Waals surface area contributed by atoms with E-state index in [9.17, 15) is 5.11 Å². The van der Waals surface area contributed by atoms with Crippen molar-refractivity contribution in [3.05, 3.63) is 194 Å². The van der Waals surface area contributed by atoms with E-state index < -0.39 is 0 Å². The SMILES string of the molecule is Oc1ccccc1-c1cc(Oc2cccc(-c3ccccc3-n3c4ccccc4c4ccccc43)c2)cc(-c2cccc3c2oc2c3ccc3oc4ccccc4c32)c1. The molecule has 5 nitrogen and oxygen atoms in total. The molecule has 0 saturated heterocycles. The third kappa shape index (κ3) is 5.25. The van der Waals surface area contributed by atoms with Crippen LogP contribution in [0.25, 0.3) is 105 Å². The molecule has 0 unspecified atom stereocenters. The highest BCUT2D eigenvalue weighted by atomic mass is 16.5. The second-order valence-corrected chi connectivity index (χ2v) is 15.0. The first-order valence-electron chi connectivity index (χ1n) is 19.7. The molecule has 278 valence electrons. The number of para-hydroxylation sites is 6. The number of rotatable bonds is 6. The van der Waals surface area contributed by atoms with Crippen LogP contribution in [0.15, 0.2) is 203 Å². The Hall–Kier alpha value is -8.02. The molecule has 0 atom stereocenters. The summed E-state index contributed by atoms with van der Waals surface area (Å²) in [5, 5.41) is 17.5. The smallest absolute Gasteiger partial charge is 0.147 e. The average molecular weight is 760 g/mol. The predicted molar refractivity (Wildman–Crippen MR) is 240 cm³/mol. The zero-order chi connectivity index (χ0) is 39.0. The largest absolute Gasteiger partial charge is 0.507 e. The van der Waals surface area contributed by atoms with Gasteiger partial charge in [0.15, 0.2) is 0 Å². The minimum Gasteiger partial charge on any atom is -0.507 e. The fourth-order valence-corrected chi connectivity index (χ4v) is 8.94. The molecule has 12 rings (SSSR count). The molecular weight excluding hydrogens is 727 g/mol. The molecule has 0 radical (unpaired) electrons. The van der Waals surface area contributed by atoms with Crippen LogP contribution in [-0.2, 0) is 0 Å². The van der Waals surface area contributed by atoms with Crippen LogP contribution < -0.4 is 4.74 Å². The normalized spacial score (nSPS) is 11.8. The number of benzene rings is 9. The Labute approximate surface area is 338 Å². The van der Waals surface area contributed by atoms with Crippen molar-refractivity contribution in [1.82, 2.24) is 4.57 Å². The van der Waals surface area contributed by atoms with Crippen molar-refractivity contribution < 1.29 is 18.7 Å². The Balaban J connectivity index is 0.999. The molecule has 9 aromatic carbocycles. The van der Waals surface area contributed by atoms with Crippen LogP contribution in [0, 0.1) is 0 Å². The van der Waals surface area contributed by atoms with Crippen LogP contribution >= 0.6 is 0 Å². The minimum absolute atomic E-state index is 0.190. The molecule has 0 aliphatic heterocycles. The molecule has 5 heteroatoms. The Morgan fingerprint density at radius 1 is 0.390 bits per heavy atom. The van der Waals surface area contributed by atoms with E-state index in [2.05, 4.69) is 126 Å². The molecule has 0 bridgehead atoms. The lowest BCUT2D eigenvalue weighted by atomic mass is 9.96. The number of aromatic nitrogens is 1. The maximum absolute atomic E-state index is 11.1. The molecule has 0 spiro atoms. The number of ether oxygens (including phenoxy) is 1. The lowest BCUT2D eigenvalue weighted by Crippen LogP contribution is -1.97. The Morgan fingerprint density at radius 3 is 1.81 bits per heavy atom. The summed E-state index contributed by atoms with van der Waals surface area (Å²) in [7, 11) is 0. The summed E-state index contributed by atoms with van der Waals surface area (Å²) in [4.78, 5) is 0. The molecule has 59 heavy (non-hydrogen) atoms. The van der Waals surface area contributed by atoms with Gasteiger partial charge in [-0.1, -0.05) is 121 Å². The first-order valence-corrected chi connectivity index (χ1v) is 19.7. The fraction of sp³-hybridized carbons (Fsp3) is 0. The van der Waals surface area contributed by atoms with Crippen LogP contribution in [0.1, 0.15) is 0 Å². The van der Waals surface area contributed by atoms with Gasteiger partial charge in [0.1, 0.15) is 39.6 Å². The number of nitrogens with zero attached hydrogens (tertiary/aromatic N) is 1. The fourth-order valence-electron chi connectivity index (χ4n) is 8.94. The third-order valence-electron chi connectivity index (χ3n) is 11.5. The number of phenols is 1. The zero-order valence-corrected chi connectivity index (χ0v) is 31.6. The van der Waals surface area contributed by atoms with Crippen LogP contribution in [0.5, 0.6) is 17.2 Å². The number of hydrogen-bond donors (Lipinski definition) is 1. The lowest BCUT2D eigenvalue weighted by molar-refractivity contribution is 0.476. The van der Waals surface area contributed by atoms with E-state index in [0.717, 1.165) is 88.4 Å². The van der Waals surface area contributed by atoms with Gasteiger partial charge < -0.3 is 23.2 Å². The number of fused-ring (bicyclic) bond motifs is 10. The van der Waals surface area contributed by atoms with Gasteiger partial charge in [0.25, 0.3) is 0 Å². The monoisotopic (exact) mass is 759 g/mol. The first kappa shape index (κ1) is 33.2. The minimum atomic E-state index is 0.190. The summed E-state index contributed by atoms with van der Waals surface area (Å²) in [6.45, 7) is 0. The van der Waals surface area contributed by atoms with E-state index in [-0.39, 0.29) is 5.75 Å². The van der Waals surface area contributed by atoms with Gasteiger partial charge in [0.05, 0.1) is 22.1 Å². The number of furan rings is 2. The summed E-state index contributed by atoms with van der Waals surface area (Å²) >= 11 is 0. The maximum atomic E-state index is 11.1. The molecular formula is C54H33NO4. The van der Waals surface area contributed by atoms with Crippen LogP contribution in [0.3, 0.4) is 0 Å². The maximum Gasteiger partial charge on any atom is 0.147 e. The summed E-state index contributed by atoms with van der Waals surface area (Å²) < 4.78 is 22.2. The highest BCUT2D eigenvalue weighted by molar-refractivity contribution is 6.23. The quantitative estimate of drug-likeness (QED) is 0.183. The van der Waals surface area contributed by atoms with Gasteiger partial charge in [0, 0.05) is 43.6 Å².